The molecule has 6 heteroatoms. The van der Waals surface area contributed by atoms with Gasteiger partial charge in [0.15, 0.2) is 5.65 Å². The molecule has 0 saturated heterocycles. The summed E-state index contributed by atoms with van der Waals surface area (Å²) >= 11 is 0. The number of benzene rings is 1. The topological polar surface area (TPSA) is 81.6 Å². The van der Waals surface area contributed by atoms with Gasteiger partial charge >= 0.3 is 0 Å². The molecular weight excluding hydrogens is 336 g/mol. The molecule has 2 heterocycles. The van der Waals surface area contributed by atoms with Gasteiger partial charge in [0.25, 0.3) is 0 Å². The van der Waals surface area contributed by atoms with Gasteiger partial charge in [-0.3, -0.25) is 0 Å². The highest BCUT2D eigenvalue weighted by Gasteiger charge is 2.22. The standard InChI is InChI=1S/C21H28N6/c1-3-14(2)19-25-20(24-16-11-9-15(22)10-12-16)18-13-23-27(21(18)26-19)17-7-5-4-6-8-17/h4-8,13-16H,3,9-12,22H2,1-2H3,(H,24,25,26). The average Bonchev–Trinajstić information content (AvgIpc) is 3.14. The molecular formula is C21H28N6. The lowest BCUT2D eigenvalue weighted by Gasteiger charge is -2.27. The maximum atomic E-state index is 6.06. The Morgan fingerprint density at radius 1 is 1.15 bits per heavy atom. The quantitative estimate of drug-likeness (QED) is 0.715. The van der Waals surface area contributed by atoms with Crippen LogP contribution in [0.1, 0.15) is 57.7 Å². The number of anilines is 1. The number of nitrogens with two attached hydrogens (primary N) is 1. The number of aromatic nitrogens is 4. The molecule has 0 bridgehead atoms. The lowest BCUT2D eigenvalue weighted by Crippen LogP contribution is -2.33. The minimum Gasteiger partial charge on any atom is -0.367 e. The zero-order valence-electron chi connectivity index (χ0n) is 16.1. The summed E-state index contributed by atoms with van der Waals surface area (Å²) in [6.07, 6.45) is 7.17. The van der Waals surface area contributed by atoms with Crippen LogP contribution in [-0.4, -0.2) is 31.8 Å². The SMILES string of the molecule is CCC(C)c1nc(NC2CCC(N)CC2)c2cnn(-c3ccccc3)c2n1. The molecule has 3 aromatic rings. The highest BCUT2D eigenvalue weighted by atomic mass is 15.3. The normalized spacial score (nSPS) is 21.3. The summed E-state index contributed by atoms with van der Waals surface area (Å²) in [5.41, 5.74) is 7.94. The van der Waals surface area contributed by atoms with E-state index in [9.17, 15) is 0 Å². The second kappa shape index (κ2) is 7.64. The molecule has 0 spiro atoms. The second-order valence-electron chi connectivity index (χ2n) is 7.62. The van der Waals surface area contributed by atoms with E-state index in [-0.39, 0.29) is 0 Å². The first-order valence-electron chi connectivity index (χ1n) is 9.99. The largest absolute Gasteiger partial charge is 0.367 e. The lowest BCUT2D eigenvalue weighted by atomic mass is 9.92. The number of nitrogens with zero attached hydrogens (tertiary/aromatic N) is 4. The summed E-state index contributed by atoms with van der Waals surface area (Å²) in [6.45, 7) is 4.34. The van der Waals surface area contributed by atoms with E-state index in [0.29, 0.717) is 18.0 Å². The third-order valence-electron chi connectivity index (χ3n) is 5.61. The third kappa shape index (κ3) is 3.67. The summed E-state index contributed by atoms with van der Waals surface area (Å²) in [7, 11) is 0. The molecule has 4 rings (SSSR count). The van der Waals surface area contributed by atoms with Crippen molar-refractivity contribution in [3.05, 3.63) is 42.4 Å². The summed E-state index contributed by atoms with van der Waals surface area (Å²) in [5.74, 6) is 2.07. The number of rotatable bonds is 5. The van der Waals surface area contributed by atoms with E-state index in [2.05, 4.69) is 24.3 Å². The van der Waals surface area contributed by atoms with Crippen molar-refractivity contribution < 1.29 is 0 Å². The van der Waals surface area contributed by atoms with Gasteiger partial charge in [0, 0.05) is 18.0 Å². The summed E-state index contributed by atoms with van der Waals surface area (Å²) in [5, 5.41) is 9.25. The Morgan fingerprint density at radius 3 is 2.59 bits per heavy atom. The first-order chi connectivity index (χ1) is 13.2. The molecule has 1 unspecified atom stereocenters. The molecule has 1 saturated carbocycles. The van der Waals surface area contributed by atoms with E-state index in [0.717, 1.165) is 60.5 Å². The van der Waals surface area contributed by atoms with Crippen LogP contribution >= 0.6 is 0 Å². The Balaban J connectivity index is 1.76. The van der Waals surface area contributed by atoms with Crippen molar-refractivity contribution in [1.82, 2.24) is 19.7 Å². The van der Waals surface area contributed by atoms with Crippen LogP contribution in [0.3, 0.4) is 0 Å². The molecule has 1 aliphatic rings. The van der Waals surface area contributed by atoms with Crippen LogP contribution in [0.2, 0.25) is 0 Å². The Morgan fingerprint density at radius 2 is 1.89 bits per heavy atom. The number of fused-ring (bicyclic) bond motifs is 1. The molecule has 0 aliphatic heterocycles. The van der Waals surface area contributed by atoms with Crippen molar-refractivity contribution in [3.8, 4) is 5.69 Å². The summed E-state index contributed by atoms with van der Waals surface area (Å²) < 4.78 is 1.91. The lowest BCUT2D eigenvalue weighted by molar-refractivity contribution is 0.410. The van der Waals surface area contributed by atoms with Crippen molar-refractivity contribution in [1.29, 1.82) is 0 Å². The number of hydrogen-bond acceptors (Lipinski definition) is 5. The molecule has 0 amide bonds. The van der Waals surface area contributed by atoms with Gasteiger partial charge in [0.1, 0.15) is 11.6 Å². The highest BCUT2D eigenvalue weighted by Crippen LogP contribution is 2.28. The van der Waals surface area contributed by atoms with Crippen molar-refractivity contribution >= 4 is 16.9 Å². The zero-order valence-corrected chi connectivity index (χ0v) is 16.1. The average molecular weight is 364 g/mol. The van der Waals surface area contributed by atoms with Crippen LogP contribution in [0.25, 0.3) is 16.7 Å². The van der Waals surface area contributed by atoms with Gasteiger partial charge in [0.05, 0.1) is 17.3 Å². The zero-order chi connectivity index (χ0) is 18.8. The minimum atomic E-state index is 0.300. The minimum absolute atomic E-state index is 0.300. The molecule has 142 valence electrons. The smallest absolute Gasteiger partial charge is 0.168 e. The fourth-order valence-electron chi connectivity index (χ4n) is 3.65. The van der Waals surface area contributed by atoms with Gasteiger partial charge in [-0.05, 0) is 44.2 Å². The fraction of sp³-hybridized carbons (Fsp3) is 0.476. The van der Waals surface area contributed by atoms with Gasteiger partial charge in [-0.25, -0.2) is 14.6 Å². The van der Waals surface area contributed by atoms with Crippen molar-refractivity contribution in [2.24, 2.45) is 5.73 Å². The Labute approximate surface area is 160 Å². The van der Waals surface area contributed by atoms with Crippen LogP contribution in [0.4, 0.5) is 5.82 Å². The number of hydrogen-bond donors (Lipinski definition) is 2. The van der Waals surface area contributed by atoms with E-state index >= 15 is 0 Å². The predicted molar refractivity (Wildman–Crippen MR) is 109 cm³/mol. The highest BCUT2D eigenvalue weighted by molar-refractivity contribution is 5.87. The number of nitrogens with one attached hydrogen (secondary N) is 1. The maximum absolute atomic E-state index is 6.06. The molecule has 0 radical (unpaired) electrons. The molecule has 2 aromatic heterocycles. The van der Waals surface area contributed by atoms with Crippen molar-refractivity contribution in [2.75, 3.05) is 5.32 Å². The Hall–Kier alpha value is -2.47. The molecule has 1 aliphatic carbocycles. The molecule has 27 heavy (non-hydrogen) atoms. The Kier molecular flexibility index (Phi) is 5.07. The molecule has 1 aromatic carbocycles. The third-order valence-corrected chi connectivity index (χ3v) is 5.61. The molecule has 6 nitrogen and oxygen atoms in total. The van der Waals surface area contributed by atoms with E-state index < -0.39 is 0 Å². The molecule has 1 fully saturated rings. The Bertz CT molecular complexity index is 896. The fourth-order valence-corrected chi connectivity index (χ4v) is 3.65. The van der Waals surface area contributed by atoms with Crippen LogP contribution in [0.15, 0.2) is 36.5 Å². The van der Waals surface area contributed by atoms with E-state index in [1.807, 2.05) is 41.2 Å². The van der Waals surface area contributed by atoms with Crippen LogP contribution in [0.5, 0.6) is 0 Å². The van der Waals surface area contributed by atoms with Crippen molar-refractivity contribution in [3.63, 3.8) is 0 Å². The second-order valence-corrected chi connectivity index (χ2v) is 7.62. The molecule has 3 N–H and O–H groups in total. The summed E-state index contributed by atoms with van der Waals surface area (Å²) in [6, 6.07) is 10.9. The molecule has 1 atom stereocenters. The van der Waals surface area contributed by atoms with Gasteiger partial charge < -0.3 is 11.1 Å². The van der Waals surface area contributed by atoms with E-state index in [1.54, 1.807) is 0 Å². The van der Waals surface area contributed by atoms with E-state index in [4.69, 9.17) is 15.7 Å². The van der Waals surface area contributed by atoms with Crippen LogP contribution in [-0.2, 0) is 0 Å². The van der Waals surface area contributed by atoms with E-state index in [1.165, 1.54) is 0 Å². The van der Waals surface area contributed by atoms with Crippen LogP contribution in [0, 0.1) is 0 Å². The van der Waals surface area contributed by atoms with Gasteiger partial charge in [0.2, 0.25) is 0 Å². The first-order valence-corrected chi connectivity index (χ1v) is 9.99. The van der Waals surface area contributed by atoms with Gasteiger partial charge in [-0.15, -0.1) is 0 Å². The number of para-hydroxylation sites is 1. The van der Waals surface area contributed by atoms with Gasteiger partial charge in [-0.1, -0.05) is 32.0 Å². The summed E-state index contributed by atoms with van der Waals surface area (Å²) in [4.78, 5) is 9.76. The maximum Gasteiger partial charge on any atom is 0.168 e. The van der Waals surface area contributed by atoms with Crippen molar-refractivity contribution in [2.45, 2.75) is 64.0 Å². The van der Waals surface area contributed by atoms with Crippen LogP contribution < -0.4 is 11.1 Å². The monoisotopic (exact) mass is 364 g/mol. The van der Waals surface area contributed by atoms with Gasteiger partial charge in [-0.2, -0.15) is 5.10 Å². The first kappa shape index (κ1) is 17.9. The predicted octanol–water partition coefficient (Wildman–Crippen LogP) is 4.01.